The van der Waals surface area contributed by atoms with Crippen LogP contribution in [0.3, 0.4) is 0 Å². The Kier molecular flexibility index (Phi) is 2.77. The van der Waals surface area contributed by atoms with Gasteiger partial charge in [-0.05, 0) is 12.8 Å². The van der Waals surface area contributed by atoms with Crippen LogP contribution in [0.1, 0.15) is 27.2 Å². The van der Waals surface area contributed by atoms with Crippen LogP contribution in [0.25, 0.3) is 0 Å². The van der Waals surface area contributed by atoms with Gasteiger partial charge in [0, 0.05) is 6.42 Å². The minimum absolute atomic E-state index is 0.0509. The molecule has 1 aliphatic heterocycles. The fourth-order valence-electron chi connectivity index (χ4n) is 1.00. The average molecular weight is 176 g/mol. The summed E-state index contributed by atoms with van der Waals surface area (Å²) in [4.78, 5) is 5.14. The van der Waals surface area contributed by atoms with E-state index in [0.29, 0.717) is 5.92 Å². The quantitative estimate of drug-likeness (QED) is 0.591. The largest absolute Gasteiger partial charge is 0.391 e. The fourth-order valence-corrected chi connectivity index (χ4v) is 1.14. The minimum Gasteiger partial charge on any atom is -0.391 e. The summed E-state index contributed by atoms with van der Waals surface area (Å²) in [5.74, 6) is 0.482. The van der Waals surface area contributed by atoms with Crippen LogP contribution in [0.5, 0.6) is 0 Å². The van der Waals surface area contributed by atoms with Crippen molar-refractivity contribution in [2.75, 3.05) is 0 Å². The van der Waals surface area contributed by atoms with Gasteiger partial charge in [0.1, 0.15) is 6.10 Å². The lowest BCUT2D eigenvalue weighted by Crippen LogP contribution is -2.19. The van der Waals surface area contributed by atoms with Crippen LogP contribution in [-0.2, 0) is 4.84 Å². The van der Waals surface area contributed by atoms with Gasteiger partial charge in [0.15, 0.2) is 0 Å². The van der Waals surface area contributed by atoms with E-state index in [2.05, 4.69) is 19.0 Å². The molecular formula is C8H14ClNO. The zero-order valence-corrected chi connectivity index (χ0v) is 7.93. The number of alkyl halides is 1. The van der Waals surface area contributed by atoms with E-state index in [1.807, 2.05) is 6.92 Å². The molecule has 0 bridgehead atoms. The second kappa shape index (κ2) is 3.44. The van der Waals surface area contributed by atoms with Crippen LogP contribution < -0.4 is 0 Å². The van der Waals surface area contributed by atoms with E-state index in [-0.39, 0.29) is 11.5 Å². The monoisotopic (exact) mass is 175 g/mol. The van der Waals surface area contributed by atoms with Crippen molar-refractivity contribution < 1.29 is 4.84 Å². The van der Waals surface area contributed by atoms with Crippen LogP contribution in [0, 0.1) is 5.92 Å². The van der Waals surface area contributed by atoms with Crippen molar-refractivity contribution in [2.45, 2.75) is 38.7 Å². The average Bonchev–Trinajstić information content (AvgIpc) is 2.33. The van der Waals surface area contributed by atoms with Gasteiger partial charge in [-0.3, -0.25) is 0 Å². The van der Waals surface area contributed by atoms with Gasteiger partial charge in [-0.2, -0.15) is 0 Å². The number of oxime groups is 1. The molecule has 0 aromatic heterocycles. The Hall–Kier alpha value is -0.240. The Balaban J connectivity index is 2.43. The van der Waals surface area contributed by atoms with Crippen LogP contribution in [0.4, 0.5) is 0 Å². The van der Waals surface area contributed by atoms with Crippen molar-refractivity contribution in [3.8, 4) is 0 Å². The Morgan fingerprint density at radius 2 is 2.18 bits per heavy atom. The Labute approximate surface area is 72.6 Å². The van der Waals surface area contributed by atoms with Crippen molar-refractivity contribution >= 4 is 17.3 Å². The van der Waals surface area contributed by atoms with Gasteiger partial charge in [-0.25, -0.2) is 0 Å². The molecule has 0 N–H and O–H groups in total. The van der Waals surface area contributed by atoms with E-state index in [0.717, 1.165) is 12.1 Å². The van der Waals surface area contributed by atoms with E-state index in [1.54, 1.807) is 0 Å². The maximum Gasteiger partial charge on any atom is 0.148 e. The van der Waals surface area contributed by atoms with Gasteiger partial charge in [-0.15, -0.1) is 11.6 Å². The molecule has 3 heteroatoms. The molecule has 0 amide bonds. The minimum atomic E-state index is 0.0509. The smallest absolute Gasteiger partial charge is 0.148 e. The summed E-state index contributed by atoms with van der Waals surface area (Å²) in [6.07, 6.45) is 0.983. The predicted octanol–water partition coefficient (Wildman–Crippen LogP) is 2.41. The number of hydrogen-bond donors (Lipinski definition) is 0. The van der Waals surface area contributed by atoms with Gasteiger partial charge in [0.05, 0.1) is 11.1 Å². The molecule has 2 unspecified atom stereocenters. The van der Waals surface area contributed by atoms with E-state index in [4.69, 9.17) is 16.4 Å². The SMILES string of the molecule is CC(C)C1=NOC(C(C)Cl)C1. The first kappa shape index (κ1) is 8.85. The van der Waals surface area contributed by atoms with Gasteiger partial charge in [0.2, 0.25) is 0 Å². The Bertz CT molecular complexity index is 165. The first-order valence-corrected chi connectivity index (χ1v) is 4.41. The third kappa shape index (κ3) is 2.09. The van der Waals surface area contributed by atoms with Crippen LogP contribution >= 0.6 is 11.6 Å². The molecule has 11 heavy (non-hydrogen) atoms. The molecule has 0 saturated heterocycles. The zero-order chi connectivity index (χ0) is 8.43. The summed E-state index contributed by atoms with van der Waals surface area (Å²) in [5, 5.41) is 4.02. The molecule has 64 valence electrons. The van der Waals surface area contributed by atoms with Crippen molar-refractivity contribution in [3.05, 3.63) is 0 Å². The number of halogens is 1. The molecule has 1 heterocycles. The van der Waals surface area contributed by atoms with Crippen molar-refractivity contribution in [2.24, 2.45) is 11.1 Å². The lowest BCUT2D eigenvalue weighted by atomic mass is 10.0. The predicted molar refractivity (Wildman–Crippen MR) is 47.1 cm³/mol. The summed E-state index contributed by atoms with van der Waals surface area (Å²) in [6.45, 7) is 6.16. The number of hydrogen-bond acceptors (Lipinski definition) is 2. The summed E-state index contributed by atoms with van der Waals surface area (Å²) in [7, 11) is 0. The van der Waals surface area contributed by atoms with Gasteiger partial charge in [0.25, 0.3) is 0 Å². The van der Waals surface area contributed by atoms with E-state index < -0.39 is 0 Å². The lowest BCUT2D eigenvalue weighted by Gasteiger charge is -2.09. The van der Waals surface area contributed by atoms with Gasteiger partial charge >= 0.3 is 0 Å². The van der Waals surface area contributed by atoms with Crippen LogP contribution in [0.2, 0.25) is 0 Å². The van der Waals surface area contributed by atoms with Crippen LogP contribution in [0.15, 0.2) is 5.16 Å². The second-order valence-corrected chi connectivity index (χ2v) is 3.95. The maximum absolute atomic E-state index is 5.86. The van der Waals surface area contributed by atoms with Crippen molar-refractivity contribution in [1.29, 1.82) is 0 Å². The Morgan fingerprint density at radius 1 is 1.55 bits per heavy atom. The highest BCUT2D eigenvalue weighted by Crippen LogP contribution is 2.20. The first-order valence-electron chi connectivity index (χ1n) is 3.98. The van der Waals surface area contributed by atoms with E-state index >= 15 is 0 Å². The molecule has 0 fully saturated rings. The highest BCUT2D eigenvalue weighted by molar-refractivity contribution is 6.21. The molecule has 2 nitrogen and oxygen atoms in total. The first-order chi connectivity index (χ1) is 5.11. The summed E-state index contributed by atoms with van der Waals surface area (Å²) in [5.41, 5.74) is 1.13. The molecule has 0 aromatic carbocycles. The molecule has 1 rings (SSSR count). The third-order valence-corrected chi connectivity index (χ3v) is 2.18. The highest BCUT2D eigenvalue weighted by Gasteiger charge is 2.26. The van der Waals surface area contributed by atoms with E-state index in [9.17, 15) is 0 Å². The maximum atomic E-state index is 5.86. The molecular weight excluding hydrogens is 162 g/mol. The number of rotatable bonds is 2. The molecule has 1 aliphatic rings. The second-order valence-electron chi connectivity index (χ2n) is 3.26. The standard InChI is InChI=1S/C8H14ClNO/c1-5(2)7-4-8(6(3)9)11-10-7/h5-6,8H,4H2,1-3H3. The molecule has 0 spiro atoms. The molecule has 0 aromatic rings. The summed E-state index contributed by atoms with van der Waals surface area (Å²) < 4.78 is 0. The highest BCUT2D eigenvalue weighted by atomic mass is 35.5. The van der Waals surface area contributed by atoms with E-state index in [1.165, 1.54) is 0 Å². The molecule has 0 radical (unpaired) electrons. The normalized spacial score (nSPS) is 26.6. The van der Waals surface area contributed by atoms with Crippen LogP contribution in [-0.4, -0.2) is 17.2 Å². The summed E-state index contributed by atoms with van der Waals surface area (Å²) in [6, 6.07) is 0. The molecule has 0 saturated carbocycles. The Morgan fingerprint density at radius 3 is 2.45 bits per heavy atom. The van der Waals surface area contributed by atoms with Crippen molar-refractivity contribution in [3.63, 3.8) is 0 Å². The van der Waals surface area contributed by atoms with Gasteiger partial charge < -0.3 is 4.84 Å². The topological polar surface area (TPSA) is 21.6 Å². The van der Waals surface area contributed by atoms with Gasteiger partial charge in [-0.1, -0.05) is 19.0 Å². The summed E-state index contributed by atoms with van der Waals surface area (Å²) >= 11 is 5.86. The number of nitrogens with zero attached hydrogens (tertiary/aromatic N) is 1. The van der Waals surface area contributed by atoms with Crippen molar-refractivity contribution in [1.82, 2.24) is 0 Å². The zero-order valence-electron chi connectivity index (χ0n) is 7.17. The molecule has 0 aliphatic carbocycles. The lowest BCUT2D eigenvalue weighted by molar-refractivity contribution is 0.0854. The fraction of sp³-hybridized carbons (Fsp3) is 0.875. The molecule has 2 atom stereocenters. The third-order valence-electron chi connectivity index (χ3n) is 1.89.